The number of likely N-dealkylation sites (tertiary alicyclic amines) is 1. The van der Waals surface area contributed by atoms with Crippen LogP contribution in [-0.4, -0.2) is 63.8 Å². The van der Waals surface area contributed by atoms with Crippen LogP contribution in [0, 0.1) is 13.8 Å². The van der Waals surface area contributed by atoms with E-state index in [1.54, 1.807) is 30.5 Å². The van der Waals surface area contributed by atoms with Gasteiger partial charge in [0.1, 0.15) is 18.0 Å². The van der Waals surface area contributed by atoms with Gasteiger partial charge in [-0.1, -0.05) is 12.1 Å². The van der Waals surface area contributed by atoms with Crippen LogP contribution >= 0.6 is 0 Å². The van der Waals surface area contributed by atoms with E-state index in [1.807, 2.05) is 58.9 Å². The van der Waals surface area contributed by atoms with Crippen molar-refractivity contribution in [1.29, 1.82) is 0 Å². The van der Waals surface area contributed by atoms with Crippen LogP contribution in [0.3, 0.4) is 0 Å². The number of methoxy groups -OCH3 is 1. The summed E-state index contributed by atoms with van der Waals surface area (Å²) in [5, 5.41) is 4.34. The van der Waals surface area contributed by atoms with Crippen molar-refractivity contribution in [2.75, 3.05) is 20.3 Å². The average molecular weight is 610 g/mol. The highest BCUT2D eigenvalue weighted by Crippen LogP contribution is 2.49. The molecule has 3 heterocycles. The van der Waals surface area contributed by atoms with Crippen LogP contribution < -0.4 is 14.8 Å². The molecule has 2 aliphatic rings. The Balaban J connectivity index is 1.22. The van der Waals surface area contributed by atoms with E-state index in [2.05, 4.69) is 27.4 Å². The molecule has 2 aromatic heterocycles. The second-order valence-electron chi connectivity index (χ2n) is 12.9. The Labute approximate surface area is 263 Å². The number of ether oxygens (including phenoxy) is 3. The van der Waals surface area contributed by atoms with Crippen LogP contribution in [0.1, 0.15) is 67.2 Å². The van der Waals surface area contributed by atoms with Crippen molar-refractivity contribution < 1.29 is 23.8 Å². The number of rotatable bonds is 8. The zero-order valence-corrected chi connectivity index (χ0v) is 26.6. The quantitative estimate of drug-likeness (QED) is 0.254. The molecule has 1 saturated heterocycles. The first-order chi connectivity index (χ1) is 21.4. The lowest BCUT2D eigenvalue weighted by Crippen LogP contribution is -2.55. The molecule has 0 bridgehead atoms. The van der Waals surface area contributed by atoms with Gasteiger partial charge in [0.25, 0.3) is 5.91 Å². The van der Waals surface area contributed by atoms with Crippen LogP contribution in [0.15, 0.2) is 54.9 Å². The Bertz CT molecular complexity index is 1760. The molecular weight excluding hydrogens is 570 g/mol. The molecule has 1 atom stereocenters. The fourth-order valence-electron chi connectivity index (χ4n) is 5.61. The predicted octanol–water partition coefficient (Wildman–Crippen LogP) is 6.12. The van der Waals surface area contributed by atoms with E-state index in [0.29, 0.717) is 36.0 Å². The lowest BCUT2D eigenvalue weighted by molar-refractivity contribution is -0.0141. The summed E-state index contributed by atoms with van der Waals surface area (Å²) in [7, 11) is 1.58. The highest BCUT2D eigenvalue weighted by Gasteiger charge is 2.47. The van der Waals surface area contributed by atoms with Gasteiger partial charge >= 0.3 is 6.09 Å². The van der Waals surface area contributed by atoms with Crippen molar-refractivity contribution in [2.45, 2.75) is 71.1 Å². The Morgan fingerprint density at radius 1 is 1.02 bits per heavy atom. The number of carbonyl (C=O) groups excluding carboxylic acids is 2. The molecule has 6 rings (SSSR count). The Hall–Kier alpha value is -4.73. The summed E-state index contributed by atoms with van der Waals surface area (Å²) in [6.07, 6.45) is 5.38. The summed E-state index contributed by atoms with van der Waals surface area (Å²) < 4.78 is 16.8. The van der Waals surface area contributed by atoms with Crippen molar-refractivity contribution in [3.63, 3.8) is 0 Å². The third kappa shape index (κ3) is 6.41. The maximum atomic E-state index is 13.9. The van der Waals surface area contributed by atoms with Crippen LogP contribution in [0.5, 0.6) is 11.5 Å². The van der Waals surface area contributed by atoms with E-state index in [9.17, 15) is 9.59 Å². The first-order valence-electron chi connectivity index (χ1n) is 15.3. The molecular formula is C35H39N5O5. The maximum absolute atomic E-state index is 13.9. The number of fused-ring (bicyclic) bond motifs is 1. The van der Waals surface area contributed by atoms with Gasteiger partial charge < -0.3 is 24.4 Å². The van der Waals surface area contributed by atoms with Crippen LogP contribution in [0.25, 0.3) is 22.3 Å². The van der Waals surface area contributed by atoms with E-state index < -0.39 is 11.1 Å². The third-order valence-electron chi connectivity index (χ3n) is 8.35. The fraction of sp³-hybridized carbons (Fsp3) is 0.400. The van der Waals surface area contributed by atoms with Crippen molar-refractivity contribution in [2.24, 2.45) is 0 Å². The van der Waals surface area contributed by atoms with Gasteiger partial charge in [0.05, 0.1) is 36.6 Å². The lowest BCUT2D eigenvalue weighted by Gasteiger charge is -2.41. The number of hydrogen-bond acceptors (Lipinski definition) is 8. The van der Waals surface area contributed by atoms with Crippen molar-refractivity contribution in [3.8, 4) is 22.9 Å². The minimum absolute atomic E-state index is 0.0688. The average Bonchev–Trinajstić information content (AvgIpc) is 3.76. The predicted molar refractivity (Wildman–Crippen MR) is 170 cm³/mol. The molecule has 2 fully saturated rings. The summed E-state index contributed by atoms with van der Waals surface area (Å²) in [6, 6.07) is 13.6. The van der Waals surface area contributed by atoms with E-state index in [1.165, 1.54) is 0 Å². The summed E-state index contributed by atoms with van der Waals surface area (Å²) >= 11 is 0. The number of benzene rings is 2. The van der Waals surface area contributed by atoms with E-state index >= 15 is 0 Å². The minimum Gasteiger partial charge on any atom is -0.494 e. The van der Waals surface area contributed by atoms with Gasteiger partial charge in [-0.3, -0.25) is 9.78 Å². The highest BCUT2D eigenvalue weighted by atomic mass is 16.6. The molecule has 234 valence electrons. The Morgan fingerprint density at radius 2 is 1.78 bits per heavy atom. The molecule has 1 aliphatic heterocycles. The summed E-state index contributed by atoms with van der Waals surface area (Å²) in [5.74, 6) is 1.54. The summed E-state index contributed by atoms with van der Waals surface area (Å²) in [6.45, 7) is 10.4. The number of aryl methyl sites for hydroxylation is 2. The number of carbonyl (C=O) groups is 2. The number of nitrogens with zero attached hydrogens (tertiary/aromatic N) is 4. The molecule has 1 saturated carbocycles. The molecule has 1 N–H and O–H groups in total. The maximum Gasteiger partial charge on any atom is 0.410 e. The van der Waals surface area contributed by atoms with Gasteiger partial charge in [-0.25, -0.2) is 14.8 Å². The van der Waals surface area contributed by atoms with Crippen LogP contribution in [0.2, 0.25) is 0 Å². The number of pyridine rings is 1. The van der Waals surface area contributed by atoms with E-state index in [4.69, 9.17) is 19.2 Å². The van der Waals surface area contributed by atoms with Gasteiger partial charge in [0, 0.05) is 28.8 Å². The molecule has 10 heteroatoms. The molecule has 2 aromatic carbocycles. The van der Waals surface area contributed by atoms with Gasteiger partial charge in [0.15, 0.2) is 11.6 Å². The fourth-order valence-corrected chi connectivity index (χ4v) is 5.61. The molecule has 45 heavy (non-hydrogen) atoms. The highest BCUT2D eigenvalue weighted by molar-refractivity contribution is 5.98. The van der Waals surface area contributed by atoms with Crippen LogP contribution in [-0.2, 0) is 10.3 Å². The third-order valence-corrected chi connectivity index (χ3v) is 8.35. The monoisotopic (exact) mass is 609 g/mol. The number of hydrogen-bond donors (Lipinski definition) is 1. The second kappa shape index (κ2) is 11.6. The largest absolute Gasteiger partial charge is 0.494 e. The Morgan fingerprint density at radius 3 is 2.42 bits per heavy atom. The molecule has 0 unspecified atom stereocenters. The smallest absolute Gasteiger partial charge is 0.410 e. The zero-order chi connectivity index (χ0) is 31.9. The molecule has 0 radical (unpaired) electrons. The normalized spacial score (nSPS) is 16.9. The van der Waals surface area contributed by atoms with Gasteiger partial charge in [-0.15, -0.1) is 0 Å². The van der Waals surface area contributed by atoms with Gasteiger partial charge in [0.2, 0.25) is 0 Å². The molecule has 2 amide bonds. The summed E-state index contributed by atoms with van der Waals surface area (Å²) in [5.41, 5.74) is 3.83. The first-order valence-corrected chi connectivity index (χ1v) is 15.3. The molecule has 10 nitrogen and oxygen atoms in total. The number of nitrogens with one attached hydrogen (secondary N) is 1. The van der Waals surface area contributed by atoms with E-state index in [0.717, 1.165) is 52.5 Å². The number of aromatic nitrogens is 3. The first kappa shape index (κ1) is 30.3. The van der Waals surface area contributed by atoms with Gasteiger partial charge in [-0.2, -0.15) is 0 Å². The van der Waals surface area contributed by atoms with Crippen molar-refractivity contribution in [1.82, 2.24) is 25.2 Å². The standard InChI is InChI=1S/C35H39N5O5/c1-21-7-9-25(44-20-24-11-14-40(24)33(42)45-34(3,4)5)17-28(21)32(41)39-35(12-13-35)29-15-23(31-36-18-26(43-6)19-37-31)16-30-27(29)10-8-22(2)38-30/h7-10,15-19,24H,11-14,20H2,1-6H3,(H,39,41)/t24-/m0/s1. The SMILES string of the molecule is COc1cnc(-c2cc(C3(NC(=O)c4cc(OC[C@@H]5CCN5C(=O)OC(C)(C)C)ccc4C)CC3)c3ccc(C)nc3c2)nc1. The summed E-state index contributed by atoms with van der Waals surface area (Å²) in [4.78, 5) is 41.8. The van der Waals surface area contributed by atoms with Crippen molar-refractivity contribution in [3.05, 3.63) is 77.2 Å². The van der Waals surface area contributed by atoms with Crippen molar-refractivity contribution >= 4 is 22.9 Å². The van der Waals surface area contributed by atoms with E-state index in [-0.39, 0.29) is 18.0 Å². The zero-order valence-electron chi connectivity index (χ0n) is 26.6. The minimum atomic E-state index is -0.553. The number of amides is 2. The second-order valence-corrected chi connectivity index (χ2v) is 12.9. The molecule has 4 aromatic rings. The topological polar surface area (TPSA) is 116 Å². The Kier molecular flexibility index (Phi) is 7.84. The van der Waals surface area contributed by atoms with Crippen LogP contribution in [0.4, 0.5) is 4.79 Å². The molecule has 1 aliphatic carbocycles. The molecule has 0 spiro atoms. The van der Waals surface area contributed by atoms with Gasteiger partial charge in [-0.05, 0) is 95.3 Å². The lowest BCUT2D eigenvalue weighted by atomic mass is 9.95.